The summed E-state index contributed by atoms with van der Waals surface area (Å²) in [5.41, 5.74) is -0.275. The lowest BCUT2D eigenvalue weighted by Gasteiger charge is -2.32. The molecule has 0 N–H and O–H groups in total. The van der Waals surface area contributed by atoms with E-state index in [0.29, 0.717) is 12.7 Å². The molecule has 0 radical (unpaired) electrons. The standard InChI is InChI=1S/C13H23NO2/c1-10-7-12(8-11(2)16-10)15-6-5-13(3,4)9-14/h10-12H,5-8H2,1-4H3. The summed E-state index contributed by atoms with van der Waals surface area (Å²) < 4.78 is 11.5. The summed E-state index contributed by atoms with van der Waals surface area (Å²) in [5.74, 6) is 0. The summed E-state index contributed by atoms with van der Waals surface area (Å²) in [7, 11) is 0. The largest absolute Gasteiger partial charge is 0.378 e. The maximum atomic E-state index is 8.89. The normalized spacial score (nSPS) is 31.1. The van der Waals surface area contributed by atoms with Crippen molar-refractivity contribution < 1.29 is 9.47 Å². The molecule has 0 bridgehead atoms. The van der Waals surface area contributed by atoms with Crippen LogP contribution in [-0.4, -0.2) is 24.9 Å². The maximum Gasteiger partial charge on any atom is 0.0684 e. The highest BCUT2D eigenvalue weighted by Gasteiger charge is 2.25. The van der Waals surface area contributed by atoms with E-state index in [9.17, 15) is 0 Å². The van der Waals surface area contributed by atoms with Gasteiger partial charge in [0, 0.05) is 6.61 Å². The van der Waals surface area contributed by atoms with Gasteiger partial charge in [0.1, 0.15) is 0 Å². The number of nitriles is 1. The molecule has 1 aliphatic heterocycles. The second kappa shape index (κ2) is 5.65. The van der Waals surface area contributed by atoms with Gasteiger partial charge in [0.2, 0.25) is 0 Å². The topological polar surface area (TPSA) is 42.2 Å². The third kappa shape index (κ3) is 4.51. The van der Waals surface area contributed by atoms with Crippen molar-refractivity contribution in [2.24, 2.45) is 5.41 Å². The quantitative estimate of drug-likeness (QED) is 0.738. The number of nitrogens with zero attached hydrogens (tertiary/aromatic N) is 1. The van der Waals surface area contributed by atoms with Gasteiger partial charge in [0.05, 0.1) is 29.8 Å². The average molecular weight is 225 g/mol. The monoisotopic (exact) mass is 225 g/mol. The maximum absolute atomic E-state index is 8.89. The summed E-state index contributed by atoms with van der Waals surface area (Å²) in [6.45, 7) is 8.75. The fourth-order valence-corrected chi connectivity index (χ4v) is 2.02. The Morgan fingerprint density at radius 2 is 1.88 bits per heavy atom. The van der Waals surface area contributed by atoms with Gasteiger partial charge in [-0.25, -0.2) is 0 Å². The highest BCUT2D eigenvalue weighted by atomic mass is 16.5. The molecule has 1 fully saturated rings. The molecule has 16 heavy (non-hydrogen) atoms. The van der Waals surface area contributed by atoms with E-state index in [2.05, 4.69) is 19.9 Å². The van der Waals surface area contributed by atoms with Gasteiger partial charge in [0.25, 0.3) is 0 Å². The fourth-order valence-electron chi connectivity index (χ4n) is 2.02. The van der Waals surface area contributed by atoms with Crippen LogP contribution in [0.25, 0.3) is 0 Å². The van der Waals surface area contributed by atoms with Gasteiger partial charge < -0.3 is 9.47 Å². The van der Waals surface area contributed by atoms with E-state index in [1.54, 1.807) is 0 Å². The number of ether oxygens (including phenoxy) is 2. The number of rotatable bonds is 4. The van der Waals surface area contributed by atoms with Crippen molar-refractivity contribution in [2.75, 3.05) is 6.61 Å². The van der Waals surface area contributed by atoms with Gasteiger partial charge >= 0.3 is 0 Å². The summed E-state index contributed by atoms with van der Waals surface area (Å²) in [6, 6.07) is 2.29. The summed E-state index contributed by atoms with van der Waals surface area (Å²) >= 11 is 0. The Balaban J connectivity index is 2.25. The minimum absolute atomic E-state index is 0.275. The zero-order valence-corrected chi connectivity index (χ0v) is 10.8. The first kappa shape index (κ1) is 13.5. The third-order valence-electron chi connectivity index (χ3n) is 3.04. The molecule has 0 spiro atoms. The van der Waals surface area contributed by atoms with Crippen LogP contribution in [0.2, 0.25) is 0 Å². The van der Waals surface area contributed by atoms with Crippen LogP contribution in [0.4, 0.5) is 0 Å². The molecule has 0 aliphatic carbocycles. The number of hydrogen-bond acceptors (Lipinski definition) is 3. The van der Waals surface area contributed by atoms with E-state index < -0.39 is 0 Å². The van der Waals surface area contributed by atoms with E-state index in [1.807, 2.05) is 13.8 Å². The van der Waals surface area contributed by atoms with Crippen molar-refractivity contribution in [1.82, 2.24) is 0 Å². The van der Waals surface area contributed by atoms with Crippen LogP contribution in [0.5, 0.6) is 0 Å². The highest BCUT2D eigenvalue weighted by molar-refractivity contribution is 4.91. The van der Waals surface area contributed by atoms with Crippen molar-refractivity contribution in [3.63, 3.8) is 0 Å². The van der Waals surface area contributed by atoms with Crippen LogP contribution in [0.15, 0.2) is 0 Å². The van der Waals surface area contributed by atoms with Crippen LogP contribution < -0.4 is 0 Å². The zero-order valence-electron chi connectivity index (χ0n) is 10.8. The Labute approximate surface area is 98.7 Å². The van der Waals surface area contributed by atoms with Crippen molar-refractivity contribution in [2.45, 2.75) is 65.3 Å². The molecule has 0 amide bonds. The molecule has 2 unspecified atom stereocenters. The van der Waals surface area contributed by atoms with Crippen LogP contribution in [0, 0.1) is 16.7 Å². The molecule has 0 aromatic carbocycles. The van der Waals surface area contributed by atoms with E-state index in [0.717, 1.165) is 19.3 Å². The average Bonchev–Trinajstić information content (AvgIpc) is 2.16. The lowest BCUT2D eigenvalue weighted by atomic mass is 9.92. The first-order chi connectivity index (χ1) is 7.43. The first-order valence-electron chi connectivity index (χ1n) is 6.11. The van der Waals surface area contributed by atoms with E-state index in [1.165, 1.54) is 0 Å². The minimum Gasteiger partial charge on any atom is -0.378 e. The highest BCUT2D eigenvalue weighted by Crippen LogP contribution is 2.24. The minimum atomic E-state index is -0.275. The molecule has 3 heteroatoms. The van der Waals surface area contributed by atoms with Crippen LogP contribution >= 0.6 is 0 Å². The molecule has 0 aromatic rings. The molecule has 0 saturated carbocycles. The molecule has 0 aromatic heterocycles. The van der Waals surface area contributed by atoms with E-state index >= 15 is 0 Å². The van der Waals surface area contributed by atoms with Crippen molar-refractivity contribution >= 4 is 0 Å². The Bertz CT molecular complexity index is 247. The van der Waals surface area contributed by atoms with E-state index in [-0.39, 0.29) is 17.6 Å². The van der Waals surface area contributed by atoms with Crippen molar-refractivity contribution in [3.8, 4) is 6.07 Å². The molecule has 1 aliphatic rings. The van der Waals surface area contributed by atoms with Crippen molar-refractivity contribution in [1.29, 1.82) is 5.26 Å². The van der Waals surface area contributed by atoms with Gasteiger partial charge in [-0.15, -0.1) is 0 Å². The number of hydrogen-bond donors (Lipinski definition) is 0. The molecule has 1 saturated heterocycles. The smallest absolute Gasteiger partial charge is 0.0684 e. The molecular weight excluding hydrogens is 202 g/mol. The molecule has 1 heterocycles. The van der Waals surface area contributed by atoms with Gasteiger partial charge in [-0.05, 0) is 47.0 Å². The zero-order chi connectivity index (χ0) is 12.2. The Kier molecular flexibility index (Phi) is 4.76. The summed E-state index contributed by atoms with van der Waals surface area (Å²) in [6.07, 6.45) is 3.61. The van der Waals surface area contributed by atoms with E-state index in [4.69, 9.17) is 14.7 Å². The molecule has 3 nitrogen and oxygen atoms in total. The van der Waals surface area contributed by atoms with Crippen LogP contribution in [0.3, 0.4) is 0 Å². The van der Waals surface area contributed by atoms with Gasteiger partial charge in [-0.2, -0.15) is 5.26 Å². The third-order valence-corrected chi connectivity index (χ3v) is 3.04. The second-order valence-corrected chi connectivity index (χ2v) is 5.47. The predicted molar refractivity (Wildman–Crippen MR) is 63.0 cm³/mol. The van der Waals surface area contributed by atoms with Gasteiger partial charge in [0.15, 0.2) is 0 Å². The van der Waals surface area contributed by atoms with Crippen LogP contribution in [0.1, 0.15) is 47.0 Å². The predicted octanol–water partition coefficient (Wildman–Crippen LogP) is 2.90. The lowest BCUT2D eigenvalue weighted by Crippen LogP contribution is -2.34. The Morgan fingerprint density at radius 3 is 2.38 bits per heavy atom. The fraction of sp³-hybridized carbons (Fsp3) is 0.923. The van der Waals surface area contributed by atoms with Gasteiger partial charge in [-0.1, -0.05) is 0 Å². The molecule has 1 rings (SSSR count). The summed E-state index contributed by atoms with van der Waals surface area (Å²) in [5, 5.41) is 8.89. The van der Waals surface area contributed by atoms with Crippen molar-refractivity contribution in [3.05, 3.63) is 0 Å². The SMILES string of the molecule is CC1CC(OCCC(C)(C)C#N)CC(C)O1. The van der Waals surface area contributed by atoms with Gasteiger partial charge in [-0.3, -0.25) is 0 Å². The Morgan fingerprint density at radius 1 is 1.31 bits per heavy atom. The Hall–Kier alpha value is -0.590. The molecule has 2 atom stereocenters. The molecular formula is C13H23NO2. The lowest BCUT2D eigenvalue weighted by molar-refractivity contribution is -0.103. The summed E-state index contributed by atoms with van der Waals surface area (Å²) in [4.78, 5) is 0. The van der Waals surface area contributed by atoms with Crippen LogP contribution in [-0.2, 0) is 9.47 Å². The molecule has 92 valence electrons. The first-order valence-corrected chi connectivity index (χ1v) is 6.11. The second-order valence-electron chi connectivity index (χ2n) is 5.47.